The molecule has 1 saturated heterocycles. The molecule has 2 N–H and O–H groups in total. The molecule has 1 aliphatic carbocycles. The summed E-state index contributed by atoms with van der Waals surface area (Å²) in [6.07, 6.45) is 7.72. The maximum absolute atomic E-state index is 12.1. The number of nitrogens with one attached hydrogen (secondary N) is 2. The molecule has 3 heteroatoms. The number of carbonyl (C=O) groups excluding carboxylic acids is 1. The van der Waals surface area contributed by atoms with E-state index in [0.29, 0.717) is 12.0 Å². The molecular weight excluding hydrogens is 248 g/mol. The molecule has 108 valence electrons. The fourth-order valence-corrected chi connectivity index (χ4v) is 3.39. The van der Waals surface area contributed by atoms with Crippen LogP contribution in [-0.2, 0) is 0 Å². The summed E-state index contributed by atoms with van der Waals surface area (Å²) >= 11 is 0. The molecule has 1 amide bonds. The van der Waals surface area contributed by atoms with Gasteiger partial charge in [0.2, 0.25) is 0 Å². The van der Waals surface area contributed by atoms with Crippen molar-refractivity contribution in [2.24, 2.45) is 0 Å². The van der Waals surface area contributed by atoms with Crippen molar-refractivity contribution >= 4 is 5.91 Å². The minimum absolute atomic E-state index is 0.0638. The van der Waals surface area contributed by atoms with Gasteiger partial charge in [0.05, 0.1) is 0 Å². The van der Waals surface area contributed by atoms with Crippen molar-refractivity contribution < 1.29 is 4.79 Å². The minimum atomic E-state index is 0.0638. The van der Waals surface area contributed by atoms with Gasteiger partial charge in [0.15, 0.2) is 0 Å². The van der Waals surface area contributed by atoms with Crippen LogP contribution in [0, 0.1) is 0 Å². The van der Waals surface area contributed by atoms with Gasteiger partial charge in [0.25, 0.3) is 5.91 Å². The average Bonchev–Trinajstić information content (AvgIpc) is 3.01. The second-order valence-electron chi connectivity index (χ2n) is 6.12. The highest BCUT2D eigenvalue weighted by atomic mass is 16.1. The summed E-state index contributed by atoms with van der Waals surface area (Å²) in [6, 6.07) is 8.57. The second-order valence-corrected chi connectivity index (χ2v) is 6.12. The Labute approximate surface area is 121 Å². The van der Waals surface area contributed by atoms with Gasteiger partial charge in [0, 0.05) is 18.2 Å². The summed E-state index contributed by atoms with van der Waals surface area (Å²) in [7, 11) is 0. The van der Waals surface area contributed by atoms with Crippen molar-refractivity contribution in [3.8, 4) is 0 Å². The van der Waals surface area contributed by atoms with E-state index in [4.69, 9.17) is 0 Å². The highest BCUT2D eigenvalue weighted by Gasteiger charge is 2.18. The lowest BCUT2D eigenvalue weighted by atomic mass is 9.84. The molecule has 0 spiro atoms. The third-order valence-electron chi connectivity index (χ3n) is 4.64. The van der Waals surface area contributed by atoms with Crippen molar-refractivity contribution in [2.75, 3.05) is 13.1 Å². The zero-order valence-electron chi connectivity index (χ0n) is 12.0. The SMILES string of the molecule is O=C(NC1CCNC1)c1ccc(C2CCCCC2)cc1. The molecule has 0 bridgehead atoms. The molecule has 3 nitrogen and oxygen atoms in total. The Morgan fingerprint density at radius 3 is 2.45 bits per heavy atom. The third-order valence-corrected chi connectivity index (χ3v) is 4.64. The first-order valence-corrected chi connectivity index (χ1v) is 7.94. The Morgan fingerprint density at radius 2 is 1.80 bits per heavy atom. The summed E-state index contributed by atoms with van der Waals surface area (Å²) in [4.78, 5) is 12.1. The number of benzene rings is 1. The smallest absolute Gasteiger partial charge is 0.251 e. The van der Waals surface area contributed by atoms with E-state index in [1.807, 2.05) is 12.1 Å². The standard InChI is InChI=1S/C17H24N2O/c20-17(19-16-10-11-18-12-16)15-8-6-14(7-9-15)13-4-2-1-3-5-13/h6-9,13,16,18H,1-5,10-12H2,(H,19,20). The maximum Gasteiger partial charge on any atom is 0.251 e. The molecule has 1 aliphatic heterocycles. The van der Waals surface area contributed by atoms with Gasteiger partial charge in [-0.3, -0.25) is 4.79 Å². The van der Waals surface area contributed by atoms with Crippen molar-refractivity contribution in [1.82, 2.24) is 10.6 Å². The van der Waals surface area contributed by atoms with Gasteiger partial charge in [-0.1, -0.05) is 31.4 Å². The van der Waals surface area contributed by atoms with Crippen LogP contribution in [0.3, 0.4) is 0 Å². The molecule has 2 fully saturated rings. The van der Waals surface area contributed by atoms with E-state index >= 15 is 0 Å². The van der Waals surface area contributed by atoms with E-state index in [9.17, 15) is 4.79 Å². The van der Waals surface area contributed by atoms with E-state index in [-0.39, 0.29) is 5.91 Å². The van der Waals surface area contributed by atoms with E-state index < -0.39 is 0 Å². The summed E-state index contributed by atoms with van der Waals surface area (Å²) in [6.45, 7) is 1.90. The number of carbonyl (C=O) groups is 1. The lowest BCUT2D eigenvalue weighted by molar-refractivity contribution is 0.0940. The lowest BCUT2D eigenvalue weighted by Gasteiger charge is -2.22. The van der Waals surface area contributed by atoms with E-state index in [1.54, 1.807) is 0 Å². The highest BCUT2D eigenvalue weighted by Crippen LogP contribution is 2.32. The van der Waals surface area contributed by atoms with E-state index in [1.165, 1.54) is 37.7 Å². The summed E-state index contributed by atoms with van der Waals surface area (Å²) in [5, 5.41) is 6.36. The number of hydrogen-bond acceptors (Lipinski definition) is 2. The van der Waals surface area contributed by atoms with Gasteiger partial charge < -0.3 is 10.6 Å². The van der Waals surface area contributed by atoms with Gasteiger partial charge >= 0.3 is 0 Å². The molecule has 2 aliphatic rings. The molecule has 1 aromatic rings. The predicted octanol–water partition coefficient (Wildman–Crippen LogP) is 2.83. The molecule has 3 rings (SSSR count). The molecule has 1 heterocycles. The second kappa shape index (κ2) is 6.40. The minimum Gasteiger partial charge on any atom is -0.348 e. The quantitative estimate of drug-likeness (QED) is 0.888. The van der Waals surface area contributed by atoms with Crippen molar-refractivity contribution in [3.05, 3.63) is 35.4 Å². The monoisotopic (exact) mass is 272 g/mol. The van der Waals surface area contributed by atoms with Gasteiger partial charge in [0.1, 0.15) is 0 Å². The van der Waals surface area contributed by atoms with Gasteiger partial charge in [-0.25, -0.2) is 0 Å². The highest BCUT2D eigenvalue weighted by molar-refractivity contribution is 5.94. The fourth-order valence-electron chi connectivity index (χ4n) is 3.39. The molecule has 20 heavy (non-hydrogen) atoms. The summed E-state index contributed by atoms with van der Waals surface area (Å²) in [5.41, 5.74) is 2.19. The van der Waals surface area contributed by atoms with Crippen molar-refractivity contribution in [2.45, 2.75) is 50.5 Å². The van der Waals surface area contributed by atoms with Crippen LogP contribution in [-0.4, -0.2) is 25.0 Å². The molecule has 1 atom stereocenters. The Hall–Kier alpha value is -1.35. The van der Waals surface area contributed by atoms with Crippen LogP contribution in [0.1, 0.15) is 60.4 Å². The molecular formula is C17H24N2O. The first-order chi connectivity index (χ1) is 9.83. The van der Waals surface area contributed by atoms with Crippen LogP contribution in [0.15, 0.2) is 24.3 Å². The van der Waals surface area contributed by atoms with E-state index in [2.05, 4.69) is 22.8 Å². The lowest BCUT2D eigenvalue weighted by Crippen LogP contribution is -2.36. The summed E-state index contributed by atoms with van der Waals surface area (Å²) in [5.74, 6) is 0.772. The van der Waals surface area contributed by atoms with Crippen LogP contribution >= 0.6 is 0 Å². The van der Waals surface area contributed by atoms with Gasteiger partial charge in [-0.2, -0.15) is 0 Å². The Balaban J connectivity index is 1.61. The molecule has 1 aromatic carbocycles. The first kappa shape index (κ1) is 13.6. The molecule has 0 radical (unpaired) electrons. The third kappa shape index (κ3) is 3.21. The molecule has 1 saturated carbocycles. The maximum atomic E-state index is 12.1. The number of rotatable bonds is 3. The Morgan fingerprint density at radius 1 is 1.05 bits per heavy atom. The van der Waals surface area contributed by atoms with Crippen LogP contribution in [0.2, 0.25) is 0 Å². The van der Waals surface area contributed by atoms with E-state index in [0.717, 1.165) is 25.1 Å². The van der Waals surface area contributed by atoms with Crippen molar-refractivity contribution in [3.63, 3.8) is 0 Å². The zero-order valence-corrected chi connectivity index (χ0v) is 12.0. The normalized spacial score (nSPS) is 23.7. The van der Waals surface area contributed by atoms with Gasteiger partial charge in [-0.15, -0.1) is 0 Å². The van der Waals surface area contributed by atoms with Crippen LogP contribution in [0.5, 0.6) is 0 Å². The van der Waals surface area contributed by atoms with Crippen molar-refractivity contribution in [1.29, 1.82) is 0 Å². The van der Waals surface area contributed by atoms with Crippen LogP contribution in [0.25, 0.3) is 0 Å². The fraction of sp³-hybridized carbons (Fsp3) is 0.588. The average molecular weight is 272 g/mol. The predicted molar refractivity (Wildman–Crippen MR) is 81.0 cm³/mol. The topological polar surface area (TPSA) is 41.1 Å². The first-order valence-electron chi connectivity index (χ1n) is 7.94. The Bertz CT molecular complexity index is 443. The Kier molecular flexibility index (Phi) is 4.36. The number of hydrogen-bond donors (Lipinski definition) is 2. The summed E-state index contributed by atoms with van der Waals surface area (Å²) < 4.78 is 0. The van der Waals surface area contributed by atoms with Gasteiger partial charge in [-0.05, 0) is 49.4 Å². The van der Waals surface area contributed by atoms with Crippen LogP contribution < -0.4 is 10.6 Å². The number of amides is 1. The molecule has 0 aromatic heterocycles. The van der Waals surface area contributed by atoms with Crippen LogP contribution in [0.4, 0.5) is 0 Å². The largest absolute Gasteiger partial charge is 0.348 e. The zero-order chi connectivity index (χ0) is 13.8. The molecule has 1 unspecified atom stereocenters.